The zero-order valence-electron chi connectivity index (χ0n) is 13.3. The van der Waals surface area contributed by atoms with Crippen molar-refractivity contribution in [3.05, 3.63) is 28.5 Å². The van der Waals surface area contributed by atoms with E-state index in [1.165, 1.54) is 0 Å². The summed E-state index contributed by atoms with van der Waals surface area (Å²) in [7, 11) is 3.55. The number of ether oxygens (including phenoxy) is 1. The van der Waals surface area contributed by atoms with Crippen LogP contribution in [0.5, 0.6) is 0 Å². The third-order valence-corrected chi connectivity index (χ3v) is 5.21. The van der Waals surface area contributed by atoms with Crippen molar-refractivity contribution in [2.75, 3.05) is 40.3 Å². The van der Waals surface area contributed by atoms with Crippen LogP contribution in [0.1, 0.15) is 4.88 Å². The van der Waals surface area contributed by atoms with E-state index in [0.717, 1.165) is 4.88 Å². The molecule has 1 aromatic rings. The molecule has 0 aliphatic carbocycles. The van der Waals surface area contributed by atoms with Crippen LogP contribution in [0, 0.1) is 0 Å². The number of hydrogen-bond donors (Lipinski definition) is 1. The summed E-state index contributed by atoms with van der Waals surface area (Å²) in [5.74, 6) is -0.0304. The largest absolute Gasteiger partial charge is 0.368 e. The first-order chi connectivity index (χ1) is 11.0. The molecule has 1 atom stereocenters. The number of nitrogens with one attached hydrogen (secondary N) is 1. The second kappa shape index (κ2) is 6.43. The van der Waals surface area contributed by atoms with E-state index in [0.29, 0.717) is 26.2 Å². The molecule has 2 amide bonds. The Morgan fingerprint density at radius 2 is 2.22 bits per heavy atom. The van der Waals surface area contributed by atoms with Crippen LogP contribution in [0.15, 0.2) is 23.6 Å². The summed E-state index contributed by atoms with van der Waals surface area (Å²) in [6.07, 6.45) is 3.45. The predicted octanol–water partition coefficient (Wildman–Crippen LogP) is 0.419. The molecule has 2 aliphatic heterocycles. The van der Waals surface area contributed by atoms with Crippen LogP contribution in [0.2, 0.25) is 0 Å². The second-order valence-corrected chi connectivity index (χ2v) is 7.06. The Kier molecular flexibility index (Phi) is 4.52. The molecule has 0 saturated carbocycles. The minimum Gasteiger partial charge on any atom is -0.368 e. The van der Waals surface area contributed by atoms with Crippen molar-refractivity contribution in [2.24, 2.45) is 0 Å². The molecule has 3 heterocycles. The standard InChI is InChI=1S/C16H21N3O3S/c1-17-15(21)13-8-22-16(9-18(13)2)10-19(11-16)14(20)6-5-12-4-3-7-23-12/h3-7,13H,8-11H2,1-2H3,(H,17,21)/b6-5+. The number of hydrogen-bond acceptors (Lipinski definition) is 5. The van der Waals surface area contributed by atoms with Crippen LogP contribution in [0.3, 0.4) is 0 Å². The third kappa shape index (κ3) is 3.31. The molecule has 2 saturated heterocycles. The maximum atomic E-state index is 12.2. The van der Waals surface area contributed by atoms with Gasteiger partial charge in [-0.15, -0.1) is 11.3 Å². The summed E-state index contributed by atoms with van der Waals surface area (Å²) >= 11 is 1.60. The number of amides is 2. The van der Waals surface area contributed by atoms with E-state index in [9.17, 15) is 9.59 Å². The molecule has 0 radical (unpaired) electrons. The van der Waals surface area contributed by atoms with Crippen molar-refractivity contribution in [1.29, 1.82) is 0 Å². The molecule has 0 aromatic carbocycles. The number of carbonyl (C=O) groups excluding carboxylic acids is 2. The molecule has 0 bridgehead atoms. The smallest absolute Gasteiger partial charge is 0.246 e. The molecule has 1 N–H and O–H groups in total. The predicted molar refractivity (Wildman–Crippen MR) is 89.1 cm³/mol. The highest BCUT2D eigenvalue weighted by atomic mass is 32.1. The van der Waals surface area contributed by atoms with Gasteiger partial charge in [0, 0.05) is 24.5 Å². The Morgan fingerprint density at radius 3 is 2.83 bits per heavy atom. The van der Waals surface area contributed by atoms with Crippen molar-refractivity contribution in [3.8, 4) is 0 Å². The molecule has 23 heavy (non-hydrogen) atoms. The van der Waals surface area contributed by atoms with E-state index in [4.69, 9.17) is 4.74 Å². The van der Waals surface area contributed by atoms with Gasteiger partial charge in [0.05, 0.1) is 19.7 Å². The van der Waals surface area contributed by atoms with Gasteiger partial charge in [-0.05, 0) is 24.6 Å². The number of likely N-dealkylation sites (tertiary alicyclic amines) is 1. The molecule has 1 spiro atoms. The SMILES string of the molecule is CNC(=O)C1COC2(CN(C(=O)/C=C/c3cccs3)C2)CN1C. The van der Waals surface area contributed by atoms with Gasteiger partial charge in [-0.25, -0.2) is 0 Å². The first-order valence-corrected chi connectivity index (χ1v) is 8.47. The van der Waals surface area contributed by atoms with Gasteiger partial charge in [0.2, 0.25) is 11.8 Å². The van der Waals surface area contributed by atoms with E-state index in [1.807, 2.05) is 35.5 Å². The Balaban J connectivity index is 1.52. The summed E-state index contributed by atoms with van der Waals surface area (Å²) in [5.41, 5.74) is -0.328. The van der Waals surface area contributed by atoms with Crippen molar-refractivity contribution in [1.82, 2.24) is 15.1 Å². The zero-order valence-corrected chi connectivity index (χ0v) is 14.1. The van der Waals surface area contributed by atoms with E-state index in [1.54, 1.807) is 29.4 Å². The lowest BCUT2D eigenvalue weighted by molar-refractivity contribution is -0.198. The molecular weight excluding hydrogens is 314 g/mol. The third-order valence-electron chi connectivity index (χ3n) is 4.37. The molecule has 3 rings (SSSR count). The number of likely N-dealkylation sites (N-methyl/N-ethyl adjacent to an activating group) is 2. The maximum Gasteiger partial charge on any atom is 0.246 e. The molecule has 7 heteroatoms. The molecule has 2 aliphatic rings. The van der Waals surface area contributed by atoms with Crippen LogP contribution in [-0.4, -0.2) is 73.6 Å². The molecule has 6 nitrogen and oxygen atoms in total. The lowest BCUT2D eigenvalue weighted by Gasteiger charge is -2.54. The van der Waals surface area contributed by atoms with Gasteiger partial charge >= 0.3 is 0 Å². The summed E-state index contributed by atoms with van der Waals surface area (Å²) in [5, 5.41) is 4.64. The van der Waals surface area contributed by atoms with E-state index in [2.05, 4.69) is 5.32 Å². The summed E-state index contributed by atoms with van der Waals surface area (Å²) in [6, 6.07) is 3.68. The Morgan fingerprint density at radius 1 is 1.43 bits per heavy atom. The monoisotopic (exact) mass is 335 g/mol. The van der Waals surface area contributed by atoms with Crippen LogP contribution in [0.25, 0.3) is 6.08 Å². The summed E-state index contributed by atoms with van der Waals surface area (Å²) in [4.78, 5) is 28.8. The minimum absolute atomic E-state index is 0.00343. The highest BCUT2D eigenvalue weighted by molar-refractivity contribution is 7.10. The number of morpholine rings is 1. The van der Waals surface area contributed by atoms with Gasteiger partial charge in [-0.1, -0.05) is 6.07 Å². The highest BCUT2D eigenvalue weighted by Gasteiger charge is 2.50. The average molecular weight is 335 g/mol. The molecule has 1 unspecified atom stereocenters. The van der Waals surface area contributed by atoms with Gasteiger partial charge in [0.1, 0.15) is 11.6 Å². The maximum absolute atomic E-state index is 12.2. The van der Waals surface area contributed by atoms with Crippen LogP contribution in [0.4, 0.5) is 0 Å². The Bertz CT molecular complexity index is 608. The van der Waals surface area contributed by atoms with Gasteiger partial charge < -0.3 is 15.0 Å². The lowest BCUT2D eigenvalue weighted by Crippen LogP contribution is -2.73. The van der Waals surface area contributed by atoms with Crippen molar-refractivity contribution in [2.45, 2.75) is 11.6 Å². The first kappa shape index (κ1) is 16.2. The van der Waals surface area contributed by atoms with Gasteiger partial charge in [0.15, 0.2) is 0 Å². The number of carbonyl (C=O) groups is 2. The highest BCUT2D eigenvalue weighted by Crippen LogP contribution is 2.30. The van der Waals surface area contributed by atoms with Crippen LogP contribution >= 0.6 is 11.3 Å². The molecule has 1 aromatic heterocycles. The number of rotatable bonds is 3. The Labute approximate surface area is 139 Å². The van der Waals surface area contributed by atoms with Crippen molar-refractivity contribution < 1.29 is 14.3 Å². The molecule has 124 valence electrons. The summed E-state index contributed by atoms with van der Waals surface area (Å²) in [6.45, 7) is 2.17. The van der Waals surface area contributed by atoms with Gasteiger partial charge in [-0.3, -0.25) is 14.5 Å². The van der Waals surface area contributed by atoms with E-state index >= 15 is 0 Å². The zero-order chi connectivity index (χ0) is 16.4. The van der Waals surface area contributed by atoms with Crippen LogP contribution < -0.4 is 5.32 Å². The van der Waals surface area contributed by atoms with Crippen molar-refractivity contribution in [3.63, 3.8) is 0 Å². The van der Waals surface area contributed by atoms with Crippen LogP contribution in [-0.2, 0) is 14.3 Å². The molecular formula is C16H21N3O3S. The average Bonchev–Trinajstić information content (AvgIpc) is 3.02. The quantitative estimate of drug-likeness (QED) is 0.813. The van der Waals surface area contributed by atoms with E-state index < -0.39 is 0 Å². The fourth-order valence-corrected chi connectivity index (χ4v) is 3.70. The van der Waals surface area contributed by atoms with E-state index in [-0.39, 0.29) is 23.5 Å². The first-order valence-electron chi connectivity index (χ1n) is 7.59. The van der Waals surface area contributed by atoms with Crippen molar-refractivity contribution >= 4 is 29.2 Å². The fourth-order valence-electron chi connectivity index (χ4n) is 3.08. The van der Waals surface area contributed by atoms with Gasteiger partial charge in [-0.2, -0.15) is 0 Å². The number of thiophene rings is 1. The normalized spacial score (nSPS) is 23.9. The molecule has 2 fully saturated rings. The summed E-state index contributed by atoms with van der Waals surface area (Å²) < 4.78 is 5.92. The second-order valence-electron chi connectivity index (χ2n) is 6.08. The minimum atomic E-state index is -0.328. The van der Waals surface area contributed by atoms with Gasteiger partial charge in [0.25, 0.3) is 0 Å². The lowest BCUT2D eigenvalue weighted by atomic mass is 9.90. The Hall–Kier alpha value is -1.70. The fraction of sp³-hybridized carbons (Fsp3) is 0.500. The number of nitrogens with zero attached hydrogens (tertiary/aromatic N) is 2. The topological polar surface area (TPSA) is 61.9 Å².